The van der Waals surface area contributed by atoms with E-state index in [1.165, 1.54) is 7.11 Å². The van der Waals surface area contributed by atoms with Crippen LogP contribution in [0.4, 0.5) is 11.6 Å². The van der Waals surface area contributed by atoms with Crippen LogP contribution in [-0.4, -0.2) is 28.9 Å². The average molecular weight is 252 g/mol. The monoisotopic (exact) mass is 252 g/mol. The molecule has 0 amide bonds. The van der Waals surface area contributed by atoms with Crippen molar-refractivity contribution >= 4 is 17.6 Å². The molecule has 1 aromatic rings. The van der Waals surface area contributed by atoms with Crippen molar-refractivity contribution < 1.29 is 9.53 Å². The fraction of sp³-hybridized carbons (Fsp3) is 0.667. The van der Waals surface area contributed by atoms with Crippen molar-refractivity contribution in [1.29, 1.82) is 0 Å². The fourth-order valence-corrected chi connectivity index (χ4v) is 1.78. The number of hydrogen-bond donors (Lipinski definition) is 2. The Hall–Kier alpha value is -1.72. The number of nitrogens with one attached hydrogen (secondary N) is 1. The van der Waals surface area contributed by atoms with Crippen LogP contribution in [0.1, 0.15) is 43.0 Å². The maximum atomic E-state index is 11.7. The number of nitrogens with two attached hydrogens (primary N) is 1. The first kappa shape index (κ1) is 12.7. The van der Waals surface area contributed by atoms with Gasteiger partial charge in [-0.25, -0.2) is 9.48 Å². The number of carbonyl (C=O) groups excluding carboxylic acids is 1. The summed E-state index contributed by atoms with van der Waals surface area (Å²) in [5, 5.41) is 7.60. The first-order valence-corrected chi connectivity index (χ1v) is 6.38. The van der Waals surface area contributed by atoms with E-state index in [2.05, 4.69) is 17.3 Å². The van der Waals surface area contributed by atoms with Crippen LogP contribution in [0, 0.1) is 0 Å². The maximum absolute atomic E-state index is 11.7. The summed E-state index contributed by atoms with van der Waals surface area (Å²) in [7, 11) is 1.35. The Morgan fingerprint density at radius 2 is 2.33 bits per heavy atom. The summed E-state index contributed by atoms with van der Waals surface area (Å²) in [5.74, 6) is 0.509. The molecule has 0 saturated heterocycles. The maximum Gasteiger partial charge on any atom is 0.345 e. The van der Waals surface area contributed by atoms with Crippen molar-refractivity contribution in [3.05, 3.63) is 5.56 Å². The van der Waals surface area contributed by atoms with Gasteiger partial charge in [0.25, 0.3) is 0 Å². The second-order valence-corrected chi connectivity index (χ2v) is 4.60. The van der Waals surface area contributed by atoms with Gasteiger partial charge in [-0.15, -0.1) is 0 Å². The summed E-state index contributed by atoms with van der Waals surface area (Å²) in [6.45, 7) is 2.82. The molecule has 1 saturated carbocycles. The molecule has 0 bridgehead atoms. The van der Waals surface area contributed by atoms with Crippen LogP contribution in [0.15, 0.2) is 0 Å². The lowest BCUT2D eigenvalue weighted by molar-refractivity contribution is 0.0603. The number of unbranched alkanes of at least 4 members (excludes halogenated alkanes) is 1. The number of methoxy groups -OCH3 is 1. The zero-order valence-electron chi connectivity index (χ0n) is 10.9. The Balaban J connectivity index is 2.26. The summed E-state index contributed by atoms with van der Waals surface area (Å²) in [6, 6.07) is 0.419. The van der Waals surface area contributed by atoms with Gasteiger partial charge in [-0.2, -0.15) is 5.10 Å². The molecule has 0 radical (unpaired) electrons. The minimum atomic E-state index is -0.432. The number of aromatic nitrogens is 2. The van der Waals surface area contributed by atoms with Gasteiger partial charge in [-0.1, -0.05) is 13.3 Å². The number of hydrogen-bond acceptors (Lipinski definition) is 5. The highest BCUT2D eigenvalue weighted by molar-refractivity contribution is 5.99. The van der Waals surface area contributed by atoms with Gasteiger partial charge in [0.2, 0.25) is 0 Å². The van der Waals surface area contributed by atoms with Crippen LogP contribution in [0.2, 0.25) is 0 Å². The Labute approximate surface area is 106 Å². The van der Waals surface area contributed by atoms with Crippen molar-refractivity contribution in [3.8, 4) is 0 Å². The van der Waals surface area contributed by atoms with Crippen LogP contribution in [0.3, 0.4) is 0 Å². The van der Waals surface area contributed by atoms with E-state index in [0.29, 0.717) is 23.2 Å². The molecule has 1 aliphatic rings. The Bertz CT molecular complexity index is 438. The van der Waals surface area contributed by atoms with E-state index in [0.717, 1.165) is 32.2 Å². The molecule has 0 spiro atoms. The van der Waals surface area contributed by atoms with Gasteiger partial charge in [-0.3, -0.25) is 0 Å². The van der Waals surface area contributed by atoms with Gasteiger partial charge >= 0.3 is 5.97 Å². The zero-order valence-corrected chi connectivity index (χ0v) is 10.9. The molecular formula is C12H20N4O2. The van der Waals surface area contributed by atoms with Gasteiger partial charge in [0.05, 0.1) is 7.11 Å². The minimum absolute atomic E-state index is 0.362. The molecule has 0 unspecified atom stereocenters. The molecule has 100 valence electrons. The minimum Gasteiger partial charge on any atom is -0.465 e. The topological polar surface area (TPSA) is 82.2 Å². The predicted octanol–water partition coefficient (Wildman–Crippen LogP) is 1.63. The molecule has 0 aromatic carbocycles. The number of nitrogens with zero attached hydrogens (tertiary/aromatic N) is 2. The highest BCUT2D eigenvalue weighted by Crippen LogP contribution is 2.29. The molecule has 1 aliphatic carbocycles. The van der Waals surface area contributed by atoms with Crippen molar-refractivity contribution in [1.82, 2.24) is 9.78 Å². The second-order valence-electron chi connectivity index (χ2n) is 4.60. The molecule has 1 fully saturated rings. The van der Waals surface area contributed by atoms with Gasteiger partial charge in [0.1, 0.15) is 11.4 Å². The third kappa shape index (κ3) is 2.57. The number of nitrogen functional groups attached to an aromatic ring is 1. The lowest BCUT2D eigenvalue weighted by Gasteiger charge is -2.03. The molecular weight excluding hydrogens is 232 g/mol. The standard InChI is InChI=1S/C12H20N4O2/c1-3-4-7-16-10(13)9(12(17)18-2)11(15-16)14-8-5-6-8/h8H,3-7,13H2,1-2H3,(H,14,15). The molecule has 18 heavy (non-hydrogen) atoms. The SMILES string of the molecule is CCCCn1nc(NC2CC2)c(C(=O)OC)c1N. The zero-order chi connectivity index (χ0) is 13.1. The number of esters is 1. The lowest BCUT2D eigenvalue weighted by Crippen LogP contribution is -2.10. The van der Waals surface area contributed by atoms with Crippen molar-refractivity contribution in [3.63, 3.8) is 0 Å². The predicted molar refractivity (Wildman–Crippen MR) is 69.5 cm³/mol. The third-order valence-corrected chi connectivity index (χ3v) is 3.02. The van der Waals surface area contributed by atoms with E-state index in [9.17, 15) is 4.79 Å². The molecule has 0 atom stereocenters. The smallest absolute Gasteiger partial charge is 0.345 e. The summed E-state index contributed by atoms with van der Waals surface area (Å²) in [4.78, 5) is 11.7. The normalized spacial score (nSPS) is 14.6. The van der Waals surface area contributed by atoms with Gasteiger partial charge in [0, 0.05) is 12.6 Å². The van der Waals surface area contributed by atoms with Crippen molar-refractivity contribution in [2.45, 2.75) is 45.2 Å². The van der Waals surface area contributed by atoms with Crippen LogP contribution in [0.25, 0.3) is 0 Å². The van der Waals surface area contributed by atoms with E-state index in [4.69, 9.17) is 10.5 Å². The number of anilines is 2. The molecule has 3 N–H and O–H groups in total. The quantitative estimate of drug-likeness (QED) is 0.752. The number of ether oxygens (including phenoxy) is 1. The van der Waals surface area contributed by atoms with Crippen molar-refractivity contribution in [2.24, 2.45) is 0 Å². The highest BCUT2D eigenvalue weighted by Gasteiger charge is 2.28. The molecule has 2 rings (SSSR count). The van der Waals surface area contributed by atoms with Crippen LogP contribution in [0.5, 0.6) is 0 Å². The van der Waals surface area contributed by atoms with Gasteiger partial charge in [-0.05, 0) is 19.3 Å². The van der Waals surface area contributed by atoms with E-state index < -0.39 is 5.97 Å². The van der Waals surface area contributed by atoms with E-state index in [1.807, 2.05) is 0 Å². The lowest BCUT2D eigenvalue weighted by atomic mass is 10.3. The van der Waals surface area contributed by atoms with Crippen LogP contribution in [-0.2, 0) is 11.3 Å². The van der Waals surface area contributed by atoms with E-state index in [-0.39, 0.29) is 0 Å². The summed E-state index contributed by atoms with van der Waals surface area (Å²) >= 11 is 0. The Morgan fingerprint density at radius 3 is 2.89 bits per heavy atom. The van der Waals surface area contributed by atoms with E-state index >= 15 is 0 Å². The Morgan fingerprint density at radius 1 is 1.61 bits per heavy atom. The van der Waals surface area contributed by atoms with Crippen LogP contribution < -0.4 is 11.1 Å². The molecule has 0 aliphatic heterocycles. The number of aryl methyl sites for hydroxylation is 1. The van der Waals surface area contributed by atoms with Crippen LogP contribution >= 0.6 is 0 Å². The van der Waals surface area contributed by atoms with Gasteiger partial charge < -0.3 is 15.8 Å². The average Bonchev–Trinajstić information content (AvgIpc) is 3.11. The highest BCUT2D eigenvalue weighted by atomic mass is 16.5. The van der Waals surface area contributed by atoms with Gasteiger partial charge in [0.15, 0.2) is 5.82 Å². The summed E-state index contributed by atoms with van der Waals surface area (Å²) < 4.78 is 6.45. The molecule has 6 heteroatoms. The number of carbonyl (C=O) groups is 1. The first-order chi connectivity index (χ1) is 8.67. The number of rotatable bonds is 6. The fourth-order valence-electron chi connectivity index (χ4n) is 1.78. The second kappa shape index (κ2) is 5.29. The summed E-state index contributed by atoms with van der Waals surface area (Å²) in [5.41, 5.74) is 6.34. The van der Waals surface area contributed by atoms with E-state index in [1.54, 1.807) is 4.68 Å². The molecule has 1 aromatic heterocycles. The molecule has 1 heterocycles. The first-order valence-electron chi connectivity index (χ1n) is 6.38. The largest absolute Gasteiger partial charge is 0.465 e. The van der Waals surface area contributed by atoms with Crippen molar-refractivity contribution in [2.75, 3.05) is 18.2 Å². The summed E-state index contributed by atoms with van der Waals surface area (Å²) in [6.07, 6.45) is 4.26. The Kier molecular flexibility index (Phi) is 3.74. The molecule has 6 nitrogen and oxygen atoms in total. The third-order valence-electron chi connectivity index (χ3n) is 3.02.